The van der Waals surface area contributed by atoms with Gasteiger partial charge in [0, 0.05) is 11.5 Å². The molecule has 0 amide bonds. The molecule has 4 aromatic carbocycles. The zero-order valence-electron chi connectivity index (χ0n) is 19.3. The smallest absolute Gasteiger partial charge is 0.194 e. The van der Waals surface area contributed by atoms with E-state index in [-0.39, 0.29) is 24.2 Å². The van der Waals surface area contributed by atoms with Crippen LogP contribution in [0.1, 0.15) is 35.6 Å². The van der Waals surface area contributed by atoms with Gasteiger partial charge in [0.1, 0.15) is 17.4 Å². The van der Waals surface area contributed by atoms with Crippen LogP contribution >= 0.6 is 0 Å². The molecule has 0 heterocycles. The fraction of sp³-hybridized carbons (Fsp3) is 0.241. The number of halogens is 5. The highest BCUT2D eigenvalue weighted by Gasteiger charge is 2.13. The van der Waals surface area contributed by atoms with Gasteiger partial charge in [-0.3, -0.25) is 0 Å². The first-order chi connectivity index (χ1) is 16.9. The quantitative estimate of drug-likeness (QED) is 0.173. The van der Waals surface area contributed by atoms with Gasteiger partial charge in [0.05, 0.1) is 6.61 Å². The Bertz CT molecular complexity index is 1330. The van der Waals surface area contributed by atoms with Crippen LogP contribution in [0.15, 0.2) is 60.7 Å². The summed E-state index contributed by atoms with van der Waals surface area (Å²) in [5.74, 6) is -4.22. The number of aryl methyl sites for hydroxylation is 4. The van der Waals surface area contributed by atoms with Crippen LogP contribution in [0.3, 0.4) is 0 Å². The number of rotatable bonds is 9. The van der Waals surface area contributed by atoms with Gasteiger partial charge < -0.3 is 4.74 Å². The molecule has 0 fully saturated rings. The first kappa shape index (κ1) is 24.7. The van der Waals surface area contributed by atoms with Crippen LogP contribution in [0, 0.1) is 29.1 Å². The Morgan fingerprint density at radius 1 is 0.600 bits per heavy atom. The number of hydrogen-bond donors (Lipinski definition) is 0. The average Bonchev–Trinajstić information content (AvgIpc) is 2.85. The van der Waals surface area contributed by atoms with E-state index >= 15 is 4.39 Å². The number of benzene rings is 4. The molecule has 35 heavy (non-hydrogen) atoms. The molecule has 0 atom stereocenters. The second-order valence-corrected chi connectivity index (χ2v) is 8.57. The van der Waals surface area contributed by atoms with Gasteiger partial charge in [-0.05, 0) is 77.9 Å². The van der Waals surface area contributed by atoms with E-state index in [4.69, 9.17) is 4.74 Å². The third-order valence-electron chi connectivity index (χ3n) is 6.01. The maximum absolute atomic E-state index is 15.1. The molecule has 6 heteroatoms. The van der Waals surface area contributed by atoms with Gasteiger partial charge >= 0.3 is 0 Å². The standard InChI is InChI=1S/C29H25F5O/c1-2-13-35-23-11-10-20(25(30)17-23)6-3-18-5-12-24-22(14-18)9-8-21(28(24)33)7-4-19-15-26(31)29(34)27(32)16-19/h5,8-12,14-17H,2-4,6-7,13H2,1H3. The van der Waals surface area contributed by atoms with E-state index in [1.807, 2.05) is 19.1 Å². The van der Waals surface area contributed by atoms with Crippen molar-refractivity contribution in [2.75, 3.05) is 6.61 Å². The average molecular weight is 485 g/mol. The maximum Gasteiger partial charge on any atom is 0.194 e. The molecular weight excluding hydrogens is 459 g/mol. The minimum Gasteiger partial charge on any atom is -0.494 e. The molecule has 0 bridgehead atoms. The Morgan fingerprint density at radius 2 is 1.29 bits per heavy atom. The van der Waals surface area contributed by atoms with E-state index in [9.17, 15) is 17.6 Å². The zero-order chi connectivity index (χ0) is 24.9. The van der Waals surface area contributed by atoms with Crippen LogP contribution in [-0.4, -0.2) is 6.61 Å². The van der Waals surface area contributed by atoms with Gasteiger partial charge in [-0.15, -0.1) is 0 Å². The third kappa shape index (κ3) is 5.81. The van der Waals surface area contributed by atoms with Crippen molar-refractivity contribution < 1.29 is 26.7 Å². The van der Waals surface area contributed by atoms with Crippen molar-refractivity contribution in [3.05, 3.63) is 112 Å². The van der Waals surface area contributed by atoms with Crippen molar-refractivity contribution in [3.8, 4) is 5.75 Å². The molecule has 0 unspecified atom stereocenters. The van der Waals surface area contributed by atoms with Gasteiger partial charge in [-0.1, -0.05) is 43.3 Å². The lowest BCUT2D eigenvalue weighted by atomic mass is 9.97. The van der Waals surface area contributed by atoms with Gasteiger partial charge in [0.15, 0.2) is 17.5 Å². The van der Waals surface area contributed by atoms with Crippen molar-refractivity contribution in [2.45, 2.75) is 39.0 Å². The Balaban J connectivity index is 1.44. The van der Waals surface area contributed by atoms with Crippen LogP contribution in [0.5, 0.6) is 5.75 Å². The second-order valence-electron chi connectivity index (χ2n) is 8.57. The van der Waals surface area contributed by atoms with Crippen LogP contribution in [0.2, 0.25) is 0 Å². The van der Waals surface area contributed by atoms with Gasteiger partial charge in [0.2, 0.25) is 0 Å². The summed E-state index contributed by atoms with van der Waals surface area (Å²) in [6.07, 6.45) is 2.32. The monoisotopic (exact) mass is 484 g/mol. The fourth-order valence-corrected chi connectivity index (χ4v) is 4.09. The molecule has 0 spiro atoms. The minimum atomic E-state index is -1.51. The SMILES string of the molecule is CCCOc1ccc(CCc2ccc3c(F)c(CCc4cc(F)c(F)c(F)c4)ccc3c2)c(F)c1. The summed E-state index contributed by atoms with van der Waals surface area (Å²) in [6, 6.07) is 15.6. The van der Waals surface area contributed by atoms with Gasteiger partial charge in [-0.2, -0.15) is 0 Å². The molecular formula is C29H25F5O. The molecule has 4 rings (SSSR count). The van der Waals surface area contributed by atoms with E-state index in [2.05, 4.69) is 0 Å². The van der Waals surface area contributed by atoms with E-state index in [1.165, 1.54) is 6.07 Å². The van der Waals surface area contributed by atoms with Gasteiger partial charge in [-0.25, -0.2) is 22.0 Å². The second kappa shape index (κ2) is 10.9. The first-order valence-electron chi connectivity index (χ1n) is 11.6. The largest absolute Gasteiger partial charge is 0.494 e. The summed E-state index contributed by atoms with van der Waals surface area (Å²) < 4.78 is 74.9. The van der Waals surface area contributed by atoms with Crippen LogP contribution in [-0.2, 0) is 25.7 Å². The molecule has 0 aliphatic carbocycles. The highest BCUT2D eigenvalue weighted by Crippen LogP contribution is 2.25. The minimum absolute atomic E-state index is 0.169. The normalized spacial score (nSPS) is 11.3. The Kier molecular flexibility index (Phi) is 7.69. The fourth-order valence-electron chi connectivity index (χ4n) is 4.09. The molecule has 182 valence electrons. The van der Waals surface area contributed by atoms with Crippen molar-refractivity contribution in [3.63, 3.8) is 0 Å². The van der Waals surface area contributed by atoms with E-state index < -0.39 is 23.3 Å². The summed E-state index contributed by atoms with van der Waals surface area (Å²) in [4.78, 5) is 0. The first-order valence-corrected chi connectivity index (χ1v) is 11.6. The maximum atomic E-state index is 15.1. The van der Waals surface area contributed by atoms with Crippen LogP contribution < -0.4 is 4.74 Å². The molecule has 0 saturated heterocycles. The lowest BCUT2D eigenvalue weighted by Gasteiger charge is -2.10. The summed E-state index contributed by atoms with van der Waals surface area (Å²) in [7, 11) is 0. The summed E-state index contributed by atoms with van der Waals surface area (Å²) in [5, 5.41) is 1.15. The highest BCUT2D eigenvalue weighted by atomic mass is 19.2. The topological polar surface area (TPSA) is 9.23 Å². The number of fused-ring (bicyclic) bond motifs is 1. The summed E-state index contributed by atoms with van der Waals surface area (Å²) >= 11 is 0. The molecule has 0 aromatic heterocycles. The predicted octanol–water partition coefficient (Wildman–Crippen LogP) is 7.89. The Morgan fingerprint density at radius 3 is 2.00 bits per heavy atom. The zero-order valence-corrected chi connectivity index (χ0v) is 19.3. The molecule has 0 aliphatic rings. The van der Waals surface area contributed by atoms with E-state index in [1.54, 1.807) is 30.3 Å². The van der Waals surface area contributed by atoms with Crippen molar-refractivity contribution in [2.24, 2.45) is 0 Å². The van der Waals surface area contributed by atoms with E-state index in [0.717, 1.165) is 24.1 Å². The Hall–Kier alpha value is -3.41. The van der Waals surface area contributed by atoms with Gasteiger partial charge in [0.25, 0.3) is 0 Å². The number of hydrogen-bond acceptors (Lipinski definition) is 1. The van der Waals surface area contributed by atoms with Crippen molar-refractivity contribution in [1.29, 1.82) is 0 Å². The summed E-state index contributed by atoms with van der Waals surface area (Å²) in [6.45, 7) is 2.52. The lowest BCUT2D eigenvalue weighted by Crippen LogP contribution is -2.00. The predicted molar refractivity (Wildman–Crippen MR) is 127 cm³/mol. The van der Waals surface area contributed by atoms with E-state index in [0.29, 0.717) is 47.1 Å². The molecule has 0 aliphatic heterocycles. The lowest BCUT2D eigenvalue weighted by molar-refractivity contribution is 0.315. The van der Waals surface area contributed by atoms with Crippen molar-refractivity contribution in [1.82, 2.24) is 0 Å². The molecule has 1 nitrogen and oxygen atoms in total. The molecule has 0 saturated carbocycles. The summed E-state index contributed by atoms with van der Waals surface area (Å²) in [5.41, 5.74) is 2.20. The highest BCUT2D eigenvalue weighted by molar-refractivity contribution is 5.84. The number of ether oxygens (including phenoxy) is 1. The molecule has 0 N–H and O–H groups in total. The van der Waals surface area contributed by atoms with Crippen molar-refractivity contribution >= 4 is 10.8 Å². The third-order valence-corrected chi connectivity index (χ3v) is 6.01. The van der Waals surface area contributed by atoms with Crippen LogP contribution in [0.25, 0.3) is 10.8 Å². The van der Waals surface area contributed by atoms with Crippen LogP contribution in [0.4, 0.5) is 22.0 Å². The molecule has 0 radical (unpaired) electrons. The Labute approximate surface area is 201 Å². The molecule has 4 aromatic rings.